The zero-order chi connectivity index (χ0) is 18.9. The fraction of sp³-hybridized carbons (Fsp3) is 0.312. The summed E-state index contributed by atoms with van der Waals surface area (Å²) in [6.07, 6.45) is -3.14. The van der Waals surface area contributed by atoms with Crippen molar-refractivity contribution in [2.24, 2.45) is 0 Å². The van der Waals surface area contributed by atoms with Crippen LogP contribution in [0, 0.1) is 0 Å². The van der Waals surface area contributed by atoms with Crippen molar-refractivity contribution >= 4 is 22.5 Å². The highest BCUT2D eigenvalue weighted by Crippen LogP contribution is 2.15. The molecule has 10 heteroatoms. The summed E-state index contributed by atoms with van der Waals surface area (Å²) < 4.78 is 42.2. The second kappa shape index (κ2) is 6.79. The summed E-state index contributed by atoms with van der Waals surface area (Å²) in [7, 11) is 0. The number of aromatic nitrogens is 3. The minimum Gasteiger partial charge on any atom is -0.370 e. The Labute approximate surface area is 144 Å². The molecule has 1 unspecified atom stereocenters. The van der Waals surface area contributed by atoms with E-state index in [1.807, 2.05) is 0 Å². The third-order valence-corrected chi connectivity index (χ3v) is 3.63. The molecule has 0 fully saturated rings. The molecule has 0 spiro atoms. The predicted molar refractivity (Wildman–Crippen MR) is 87.1 cm³/mol. The van der Waals surface area contributed by atoms with Crippen LogP contribution in [0.15, 0.2) is 35.3 Å². The number of benzene rings is 1. The molecule has 3 aromatic rings. The van der Waals surface area contributed by atoms with Crippen LogP contribution in [0.4, 0.5) is 13.2 Å². The summed E-state index contributed by atoms with van der Waals surface area (Å²) in [5, 5.41) is 7.06. The second-order valence-corrected chi connectivity index (χ2v) is 5.79. The normalized spacial score (nSPS) is 13.2. The van der Waals surface area contributed by atoms with Gasteiger partial charge in [0, 0.05) is 6.04 Å². The summed E-state index contributed by atoms with van der Waals surface area (Å²) in [4.78, 5) is 27.1. The molecular weight excluding hydrogens is 353 g/mol. The Kier molecular flexibility index (Phi) is 4.68. The number of para-hydroxylation sites is 1. The van der Waals surface area contributed by atoms with Gasteiger partial charge in [-0.05, 0) is 19.1 Å². The quantitative estimate of drug-likeness (QED) is 0.720. The van der Waals surface area contributed by atoms with Gasteiger partial charge in [-0.2, -0.15) is 18.3 Å². The summed E-state index contributed by atoms with van der Waals surface area (Å²) >= 11 is 0. The molecular formula is C16H15F3N4O3. The minimum atomic E-state index is -4.42. The first-order chi connectivity index (χ1) is 12.3. The smallest absolute Gasteiger partial charge is 0.370 e. The third-order valence-electron chi connectivity index (χ3n) is 3.63. The van der Waals surface area contributed by atoms with Gasteiger partial charge in [0.15, 0.2) is 0 Å². The van der Waals surface area contributed by atoms with Gasteiger partial charge < -0.3 is 15.0 Å². The Morgan fingerprint density at radius 3 is 2.85 bits per heavy atom. The fourth-order valence-electron chi connectivity index (χ4n) is 2.54. The first-order valence-corrected chi connectivity index (χ1v) is 7.70. The van der Waals surface area contributed by atoms with E-state index in [1.54, 1.807) is 24.3 Å². The van der Waals surface area contributed by atoms with Gasteiger partial charge in [0.1, 0.15) is 17.8 Å². The molecule has 26 heavy (non-hydrogen) atoms. The number of ether oxygens (including phenoxy) is 1. The number of hydrogen-bond acceptors (Lipinski definition) is 4. The van der Waals surface area contributed by atoms with Crippen LogP contribution in [0.1, 0.15) is 17.3 Å². The monoisotopic (exact) mass is 368 g/mol. The summed E-state index contributed by atoms with van der Waals surface area (Å²) in [6.45, 7) is -0.175. The number of amides is 1. The number of halogens is 3. The van der Waals surface area contributed by atoms with Crippen molar-refractivity contribution in [3.8, 4) is 0 Å². The maximum Gasteiger partial charge on any atom is 0.411 e. The predicted octanol–water partition coefficient (Wildman–Crippen LogP) is 1.87. The molecule has 0 aliphatic heterocycles. The lowest BCUT2D eigenvalue weighted by Crippen LogP contribution is -2.37. The van der Waals surface area contributed by atoms with Crippen molar-refractivity contribution in [2.45, 2.75) is 19.1 Å². The molecule has 2 heterocycles. The van der Waals surface area contributed by atoms with E-state index in [4.69, 9.17) is 0 Å². The van der Waals surface area contributed by atoms with E-state index in [0.29, 0.717) is 10.9 Å². The van der Waals surface area contributed by atoms with Crippen LogP contribution in [0.25, 0.3) is 16.6 Å². The zero-order valence-corrected chi connectivity index (χ0v) is 13.6. The van der Waals surface area contributed by atoms with Crippen LogP contribution in [0.2, 0.25) is 0 Å². The van der Waals surface area contributed by atoms with Crippen molar-refractivity contribution < 1.29 is 22.7 Å². The molecule has 2 aromatic heterocycles. The highest BCUT2D eigenvalue weighted by atomic mass is 19.4. The molecule has 1 atom stereocenters. The van der Waals surface area contributed by atoms with Gasteiger partial charge in [-0.15, -0.1) is 0 Å². The van der Waals surface area contributed by atoms with Crippen molar-refractivity contribution in [3.63, 3.8) is 0 Å². The number of alkyl halides is 3. The molecule has 0 radical (unpaired) electrons. The van der Waals surface area contributed by atoms with Crippen molar-refractivity contribution in [1.82, 2.24) is 19.9 Å². The SMILES string of the molecule is CC(COCC(F)(F)F)NC(=O)c1cnn2c1[nH]c(=O)c1ccccc12. The number of fused-ring (bicyclic) bond motifs is 3. The molecule has 0 saturated heterocycles. The Bertz CT molecular complexity index is 1010. The highest BCUT2D eigenvalue weighted by Gasteiger charge is 2.28. The Balaban J connectivity index is 1.80. The molecule has 0 aliphatic carbocycles. The van der Waals surface area contributed by atoms with Gasteiger partial charge in [-0.25, -0.2) is 4.52 Å². The molecule has 3 rings (SSSR count). The number of carbonyl (C=O) groups excluding carboxylic acids is 1. The fourth-order valence-corrected chi connectivity index (χ4v) is 2.54. The van der Waals surface area contributed by atoms with E-state index in [1.165, 1.54) is 17.6 Å². The zero-order valence-electron chi connectivity index (χ0n) is 13.6. The Morgan fingerprint density at radius 1 is 1.38 bits per heavy atom. The van der Waals surface area contributed by atoms with Crippen molar-refractivity contribution in [2.75, 3.05) is 13.2 Å². The number of nitrogens with one attached hydrogen (secondary N) is 2. The van der Waals surface area contributed by atoms with E-state index in [2.05, 4.69) is 20.1 Å². The number of aromatic amines is 1. The van der Waals surface area contributed by atoms with Crippen LogP contribution in [-0.2, 0) is 4.74 Å². The molecule has 1 aromatic carbocycles. The van der Waals surface area contributed by atoms with Crippen molar-refractivity contribution in [3.05, 3.63) is 46.4 Å². The first kappa shape index (κ1) is 17.9. The van der Waals surface area contributed by atoms with E-state index >= 15 is 0 Å². The molecule has 138 valence electrons. The van der Waals surface area contributed by atoms with E-state index < -0.39 is 24.7 Å². The van der Waals surface area contributed by atoms with E-state index in [-0.39, 0.29) is 23.4 Å². The van der Waals surface area contributed by atoms with Crippen molar-refractivity contribution in [1.29, 1.82) is 0 Å². The van der Waals surface area contributed by atoms with Crippen LogP contribution in [0.3, 0.4) is 0 Å². The Morgan fingerprint density at radius 2 is 2.12 bits per heavy atom. The number of H-pyrrole nitrogens is 1. The largest absolute Gasteiger partial charge is 0.411 e. The third kappa shape index (κ3) is 3.69. The second-order valence-electron chi connectivity index (χ2n) is 5.79. The van der Waals surface area contributed by atoms with Gasteiger partial charge in [0.2, 0.25) is 0 Å². The average molecular weight is 368 g/mol. The number of nitrogens with zero attached hydrogens (tertiary/aromatic N) is 2. The Hall–Kier alpha value is -2.88. The van der Waals surface area contributed by atoms with Gasteiger partial charge in [-0.1, -0.05) is 12.1 Å². The average Bonchev–Trinajstić information content (AvgIpc) is 2.98. The maximum atomic E-state index is 12.4. The van der Waals surface area contributed by atoms with Crippen LogP contribution in [-0.4, -0.2) is 45.9 Å². The topological polar surface area (TPSA) is 88.5 Å². The lowest BCUT2D eigenvalue weighted by molar-refractivity contribution is -0.174. The lowest BCUT2D eigenvalue weighted by Gasteiger charge is -2.14. The van der Waals surface area contributed by atoms with Crippen LogP contribution in [0.5, 0.6) is 0 Å². The van der Waals surface area contributed by atoms with Gasteiger partial charge in [0.05, 0.1) is 23.7 Å². The molecule has 0 bridgehead atoms. The van der Waals surface area contributed by atoms with Gasteiger partial charge in [0.25, 0.3) is 11.5 Å². The molecule has 0 saturated carbocycles. The minimum absolute atomic E-state index is 0.107. The number of hydrogen-bond donors (Lipinski definition) is 2. The van der Waals surface area contributed by atoms with Gasteiger partial charge in [-0.3, -0.25) is 9.59 Å². The van der Waals surface area contributed by atoms with Crippen LogP contribution >= 0.6 is 0 Å². The van der Waals surface area contributed by atoms with Gasteiger partial charge >= 0.3 is 6.18 Å². The molecule has 2 N–H and O–H groups in total. The molecule has 7 nitrogen and oxygen atoms in total. The summed E-state index contributed by atoms with van der Waals surface area (Å²) in [5.41, 5.74) is 0.473. The van der Waals surface area contributed by atoms with Crippen LogP contribution < -0.4 is 10.9 Å². The standard InChI is InChI=1S/C16H15F3N4O3/c1-9(7-26-8-16(17,18)19)21-15(25)11-6-20-23-12-5-3-2-4-10(12)14(24)22-13(11)23/h2-6,9H,7-8H2,1H3,(H,21,25)(H,22,24). The number of rotatable bonds is 5. The lowest BCUT2D eigenvalue weighted by atomic mass is 10.2. The van der Waals surface area contributed by atoms with E-state index in [9.17, 15) is 22.8 Å². The van der Waals surface area contributed by atoms with E-state index in [0.717, 1.165) is 0 Å². The summed E-state index contributed by atoms with van der Waals surface area (Å²) in [5.74, 6) is -0.575. The molecule has 0 aliphatic rings. The highest BCUT2D eigenvalue weighted by molar-refractivity contribution is 6.00. The number of carbonyl (C=O) groups is 1. The summed E-state index contributed by atoms with van der Waals surface area (Å²) in [6, 6.07) is 6.12. The maximum absolute atomic E-state index is 12.4. The molecule has 1 amide bonds. The first-order valence-electron chi connectivity index (χ1n) is 7.70.